The molecule has 0 fully saturated rings. The number of hydrogen-bond donors (Lipinski definition) is 1. The van der Waals surface area contributed by atoms with E-state index in [4.69, 9.17) is 25.5 Å². The van der Waals surface area contributed by atoms with Crippen LogP contribution in [0.3, 0.4) is 0 Å². The van der Waals surface area contributed by atoms with Crippen LogP contribution >= 0.6 is 11.6 Å². The van der Waals surface area contributed by atoms with E-state index in [-0.39, 0.29) is 18.3 Å². The molecule has 0 atom stereocenters. The Morgan fingerprint density at radius 3 is 2.52 bits per heavy atom. The number of rotatable bonds is 9. The maximum absolute atomic E-state index is 12.3. The quantitative estimate of drug-likeness (QED) is 0.510. The van der Waals surface area contributed by atoms with Gasteiger partial charge < -0.3 is 19.2 Å². The average molecular weight is 414 g/mol. The molecule has 0 aliphatic rings. The van der Waals surface area contributed by atoms with Crippen LogP contribution in [0.25, 0.3) is 0 Å². The van der Waals surface area contributed by atoms with Gasteiger partial charge in [0.05, 0.1) is 7.11 Å². The highest BCUT2D eigenvalue weighted by molar-refractivity contribution is 6.30. The van der Waals surface area contributed by atoms with Crippen molar-refractivity contribution in [3.05, 3.63) is 82.3 Å². The van der Waals surface area contributed by atoms with Crippen LogP contribution in [0.2, 0.25) is 5.02 Å². The first kappa shape index (κ1) is 20.8. The predicted molar refractivity (Wildman–Crippen MR) is 113 cm³/mol. The largest absolute Gasteiger partial charge is 0.493 e. The van der Waals surface area contributed by atoms with Gasteiger partial charge in [0.1, 0.15) is 12.4 Å². The molecule has 1 heterocycles. The van der Waals surface area contributed by atoms with Crippen molar-refractivity contribution in [2.45, 2.75) is 32.9 Å². The van der Waals surface area contributed by atoms with Gasteiger partial charge in [0.25, 0.3) is 5.91 Å². The zero-order valence-electron chi connectivity index (χ0n) is 16.5. The van der Waals surface area contributed by atoms with Gasteiger partial charge in [-0.25, -0.2) is 0 Å². The van der Waals surface area contributed by atoms with E-state index in [1.165, 1.54) is 5.56 Å². The third kappa shape index (κ3) is 5.78. The van der Waals surface area contributed by atoms with E-state index < -0.39 is 0 Å². The molecule has 1 N–H and O–H groups in total. The molecule has 29 heavy (non-hydrogen) atoms. The van der Waals surface area contributed by atoms with E-state index in [2.05, 4.69) is 12.2 Å². The van der Waals surface area contributed by atoms with E-state index >= 15 is 0 Å². The Morgan fingerprint density at radius 1 is 1.03 bits per heavy atom. The molecule has 152 valence electrons. The van der Waals surface area contributed by atoms with Gasteiger partial charge in [0.2, 0.25) is 0 Å². The van der Waals surface area contributed by atoms with Crippen molar-refractivity contribution in [3.63, 3.8) is 0 Å². The molecule has 0 radical (unpaired) electrons. The second-order valence-corrected chi connectivity index (χ2v) is 7.04. The molecule has 0 spiro atoms. The van der Waals surface area contributed by atoms with E-state index in [9.17, 15) is 4.79 Å². The Morgan fingerprint density at radius 2 is 1.79 bits per heavy atom. The molecule has 5 nitrogen and oxygen atoms in total. The molecule has 0 saturated heterocycles. The standard InChI is InChI=1S/C23H24ClNO4/c1-3-4-16-7-11-20(22(13-16)27-2)28-15-19-10-12-21(29-19)23(26)25-14-17-5-8-18(24)9-6-17/h5-13H,3-4,14-15H2,1-2H3,(H,25,26). The average Bonchev–Trinajstić information content (AvgIpc) is 3.21. The van der Waals surface area contributed by atoms with Gasteiger partial charge in [0.15, 0.2) is 17.3 Å². The fourth-order valence-electron chi connectivity index (χ4n) is 2.87. The topological polar surface area (TPSA) is 60.7 Å². The number of benzene rings is 2. The van der Waals surface area contributed by atoms with Crippen molar-refractivity contribution in [2.75, 3.05) is 7.11 Å². The number of furan rings is 1. The summed E-state index contributed by atoms with van der Waals surface area (Å²) in [7, 11) is 1.62. The minimum atomic E-state index is -0.285. The highest BCUT2D eigenvalue weighted by Crippen LogP contribution is 2.29. The number of hydrogen-bond acceptors (Lipinski definition) is 4. The Kier molecular flexibility index (Phi) is 7.19. The SMILES string of the molecule is CCCc1ccc(OCc2ccc(C(=O)NCc3ccc(Cl)cc3)o2)c(OC)c1. The van der Waals surface area contributed by atoms with Gasteiger partial charge in [-0.15, -0.1) is 0 Å². The summed E-state index contributed by atoms with van der Waals surface area (Å²) in [5, 5.41) is 3.48. The number of methoxy groups -OCH3 is 1. The van der Waals surface area contributed by atoms with E-state index in [0.29, 0.717) is 28.8 Å². The van der Waals surface area contributed by atoms with E-state index in [1.54, 1.807) is 31.4 Å². The third-order valence-electron chi connectivity index (χ3n) is 4.39. The highest BCUT2D eigenvalue weighted by atomic mass is 35.5. The monoisotopic (exact) mass is 413 g/mol. The number of carbonyl (C=O) groups is 1. The maximum Gasteiger partial charge on any atom is 0.287 e. The van der Waals surface area contributed by atoms with Crippen LogP contribution in [0.5, 0.6) is 11.5 Å². The van der Waals surface area contributed by atoms with Gasteiger partial charge >= 0.3 is 0 Å². The summed E-state index contributed by atoms with van der Waals surface area (Å²) >= 11 is 5.87. The number of aryl methyl sites for hydroxylation is 1. The molecule has 3 aromatic rings. The van der Waals surface area contributed by atoms with Gasteiger partial charge in [-0.05, 0) is 53.9 Å². The highest BCUT2D eigenvalue weighted by Gasteiger charge is 2.12. The molecule has 0 unspecified atom stereocenters. The number of nitrogens with one attached hydrogen (secondary N) is 1. The maximum atomic E-state index is 12.3. The van der Waals surface area contributed by atoms with Crippen LogP contribution in [0.4, 0.5) is 0 Å². The summed E-state index contributed by atoms with van der Waals surface area (Å²) in [6.45, 7) is 2.73. The van der Waals surface area contributed by atoms with Gasteiger partial charge in [-0.2, -0.15) is 0 Å². The van der Waals surface area contributed by atoms with Crippen molar-refractivity contribution < 1.29 is 18.7 Å². The molecule has 6 heteroatoms. The van der Waals surface area contributed by atoms with Crippen LogP contribution in [-0.4, -0.2) is 13.0 Å². The Hall–Kier alpha value is -2.92. The minimum Gasteiger partial charge on any atom is -0.493 e. The van der Waals surface area contributed by atoms with Crippen LogP contribution in [0.15, 0.2) is 59.0 Å². The summed E-state index contributed by atoms with van der Waals surface area (Å²) in [4.78, 5) is 12.3. The fourth-order valence-corrected chi connectivity index (χ4v) is 3.00. The first-order valence-electron chi connectivity index (χ1n) is 9.50. The minimum absolute atomic E-state index is 0.202. The summed E-state index contributed by atoms with van der Waals surface area (Å²) in [5.74, 6) is 1.83. The molecule has 0 saturated carbocycles. The zero-order chi connectivity index (χ0) is 20.6. The van der Waals surface area contributed by atoms with Gasteiger partial charge in [-0.1, -0.05) is 43.1 Å². The summed E-state index contributed by atoms with van der Waals surface area (Å²) in [6, 6.07) is 16.6. The lowest BCUT2D eigenvalue weighted by Gasteiger charge is -2.11. The molecule has 1 amide bonds. The second-order valence-electron chi connectivity index (χ2n) is 6.60. The van der Waals surface area contributed by atoms with Crippen LogP contribution in [0, 0.1) is 0 Å². The van der Waals surface area contributed by atoms with Crippen LogP contribution in [-0.2, 0) is 19.6 Å². The second kappa shape index (κ2) is 10.0. The van der Waals surface area contributed by atoms with Crippen molar-refractivity contribution in [3.8, 4) is 11.5 Å². The summed E-state index contributed by atoms with van der Waals surface area (Å²) < 4.78 is 16.8. The normalized spacial score (nSPS) is 10.6. The number of carbonyl (C=O) groups excluding carboxylic acids is 1. The van der Waals surface area contributed by atoms with Crippen molar-refractivity contribution in [2.24, 2.45) is 0 Å². The van der Waals surface area contributed by atoms with Crippen molar-refractivity contribution >= 4 is 17.5 Å². The number of ether oxygens (including phenoxy) is 2. The summed E-state index contributed by atoms with van der Waals surface area (Å²) in [6.07, 6.45) is 2.06. The molecule has 0 bridgehead atoms. The Balaban J connectivity index is 1.56. The number of amides is 1. The fraction of sp³-hybridized carbons (Fsp3) is 0.261. The van der Waals surface area contributed by atoms with Gasteiger partial charge in [0, 0.05) is 11.6 Å². The van der Waals surface area contributed by atoms with Crippen molar-refractivity contribution in [1.29, 1.82) is 0 Å². The molecule has 2 aromatic carbocycles. The van der Waals surface area contributed by atoms with E-state index in [0.717, 1.165) is 18.4 Å². The Labute approximate surface area is 175 Å². The third-order valence-corrected chi connectivity index (χ3v) is 4.64. The number of halogens is 1. The first-order valence-corrected chi connectivity index (χ1v) is 9.88. The van der Waals surface area contributed by atoms with Crippen molar-refractivity contribution in [1.82, 2.24) is 5.32 Å². The lowest BCUT2D eigenvalue weighted by Crippen LogP contribution is -2.22. The first-order chi connectivity index (χ1) is 14.1. The summed E-state index contributed by atoms with van der Waals surface area (Å²) in [5.41, 5.74) is 2.16. The molecule has 3 rings (SSSR count). The van der Waals surface area contributed by atoms with Crippen LogP contribution in [0.1, 0.15) is 40.8 Å². The predicted octanol–water partition coefficient (Wildman–Crippen LogP) is 5.40. The molecule has 0 aliphatic heterocycles. The molecule has 1 aromatic heterocycles. The molecular formula is C23H24ClNO4. The van der Waals surface area contributed by atoms with Gasteiger partial charge in [-0.3, -0.25) is 4.79 Å². The zero-order valence-corrected chi connectivity index (χ0v) is 17.3. The Bertz CT molecular complexity index is 950. The smallest absolute Gasteiger partial charge is 0.287 e. The lowest BCUT2D eigenvalue weighted by molar-refractivity contribution is 0.0919. The molecule has 0 aliphatic carbocycles. The molecular weight excluding hydrogens is 390 g/mol. The lowest BCUT2D eigenvalue weighted by atomic mass is 10.1. The van der Waals surface area contributed by atoms with E-state index in [1.807, 2.05) is 30.3 Å². The van der Waals surface area contributed by atoms with Crippen LogP contribution < -0.4 is 14.8 Å².